The molecule has 1 N–H and O–H groups in total. The fraction of sp³-hybridized carbons (Fsp3) is 0.355. The molecule has 0 heterocycles. The normalized spacial score (nSPS) is 13.2. The van der Waals surface area contributed by atoms with Gasteiger partial charge in [0.05, 0.1) is 21.2 Å². The van der Waals surface area contributed by atoms with Crippen molar-refractivity contribution in [1.82, 2.24) is 10.2 Å². The van der Waals surface area contributed by atoms with E-state index < -0.39 is 56.9 Å². The van der Waals surface area contributed by atoms with Gasteiger partial charge in [-0.15, -0.1) is 0 Å². The van der Waals surface area contributed by atoms with Crippen LogP contribution in [0.5, 0.6) is 0 Å². The van der Waals surface area contributed by atoms with Crippen molar-refractivity contribution in [3.05, 3.63) is 92.4 Å². The van der Waals surface area contributed by atoms with E-state index in [1.807, 2.05) is 6.92 Å². The summed E-state index contributed by atoms with van der Waals surface area (Å²) in [5.74, 6) is -1.38. The molecule has 45 heavy (non-hydrogen) atoms. The summed E-state index contributed by atoms with van der Waals surface area (Å²) in [6, 6.07) is 11.6. The number of aryl methyl sites for hydroxylation is 1. The topological polar surface area (TPSA) is 86.8 Å². The van der Waals surface area contributed by atoms with Crippen LogP contribution in [-0.2, 0) is 32.3 Å². The molecule has 2 atom stereocenters. The number of anilines is 1. The third-order valence-corrected chi connectivity index (χ3v) is 10.0. The number of nitrogens with one attached hydrogen (secondary N) is 1. The van der Waals surface area contributed by atoms with Crippen molar-refractivity contribution in [3.8, 4) is 0 Å². The lowest BCUT2D eigenvalue weighted by atomic mass is 10.1. The third-order valence-electron chi connectivity index (χ3n) is 7.21. The highest BCUT2D eigenvalue weighted by molar-refractivity contribution is 7.92. The van der Waals surface area contributed by atoms with Gasteiger partial charge in [0, 0.05) is 28.2 Å². The highest BCUT2D eigenvalue weighted by atomic mass is 35.5. The second kappa shape index (κ2) is 15.1. The van der Waals surface area contributed by atoms with Gasteiger partial charge in [-0.1, -0.05) is 72.4 Å². The molecule has 0 spiro atoms. The molecular formula is C31H33Cl3F3N3O4S. The number of alkyl halides is 3. The minimum absolute atomic E-state index is 0.125. The molecule has 0 aliphatic rings. The average Bonchev–Trinajstić information content (AvgIpc) is 2.97. The molecule has 0 saturated heterocycles. The molecule has 0 fully saturated rings. The van der Waals surface area contributed by atoms with Gasteiger partial charge in [0.2, 0.25) is 11.8 Å². The number of carbonyl (C=O) groups is 2. The van der Waals surface area contributed by atoms with Crippen molar-refractivity contribution in [1.29, 1.82) is 0 Å². The molecule has 0 unspecified atom stereocenters. The van der Waals surface area contributed by atoms with Crippen LogP contribution < -0.4 is 9.62 Å². The first-order valence-electron chi connectivity index (χ1n) is 14.0. The lowest BCUT2D eigenvalue weighted by Gasteiger charge is -2.34. The molecule has 0 aliphatic heterocycles. The SMILES string of the molecule is CC[C@@H](C)NC(=O)[C@@H](CC)N(Cc1c(Cl)cccc1Cl)C(=O)CN(c1ccc(Cl)c(C(F)(F)F)c1)S(=O)(=O)c1ccc(C)cc1. The predicted octanol–water partition coefficient (Wildman–Crippen LogP) is 7.89. The fourth-order valence-corrected chi connectivity index (χ4v) is 6.61. The van der Waals surface area contributed by atoms with E-state index in [9.17, 15) is 31.2 Å². The standard InChI is InChI=1S/C31H33Cl3F3N3O4S/c1-5-20(4)38-30(42)28(6-2)39(17-23-25(32)8-7-9-26(23)33)29(41)18-40(45(43,44)22-13-10-19(3)11-14-22)21-12-15-27(34)24(16-21)31(35,36)37/h7-16,20,28H,5-6,17-18H2,1-4H3,(H,38,42)/t20-,28-/m1/s1. The molecule has 14 heteroatoms. The minimum Gasteiger partial charge on any atom is -0.352 e. The van der Waals surface area contributed by atoms with Crippen LogP contribution in [0.4, 0.5) is 18.9 Å². The minimum atomic E-state index is -4.91. The summed E-state index contributed by atoms with van der Waals surface area (Å²) in [7, 11) is -4.62. The van der Waals surface area contributed by atoms with Gasteiger partial charge >= 0.3 is 6.18 Å². The monoisotopic (exact) mass is 705 g/mol. The number of carbonyl (C=O) groups excluding carboxylic acids is 2. The number of hydrogen-bond donors (Lipinski definition) is 1. The van der Waals surface area contributed by atoms with Gasteiger partial charge in [0.1, 0.15) is 12.6 Å². The van der Waals surface area contributed by atoms with Crippen LogP contribution in [0.15, 0.2) is 65.6 Å². The Labute approximate surface area is 276 Å². The Balaban J connectivity index is 2.19. The Kier molecular flexibility index (Phi) is 12.2. The van der Waals surface area contributed by atoms with Crippen molar-refractivity contribution in [2.24, 2.45) is 0 Å². The molecule has 0 radical (unpaired) electrons. The van der Waals surface area contributed by atoms with Crippen molar-refractivity contribution < 1.29 is 31.2 Å². The van der Waals surface area contributed by atoms with E-state index in [2.05, 4.69) is 5.32 Å². The highest BCUT2D eigenvalue weighted by Gasteiger charge is 2.37. The summed E-state index contributed by atoms with van der Waals surface area (Å²) >= 11 is 18.6. The Bertz CT molecular complexity index is 1620. The largest absolute Gasteiger partial charge is 0.417 e. The molecule has 3 rings (SSSR count). The van der Waals surface area contributed by atoms with E-state index in [0.29, 0.717) is 22.4 Å². The molecule has 2 amide bonds. The molecule has 3 aromatic carbocycles. The van der Waals surface area contributed by atoms with E-state index in [-0.39, 0.29) is 33.9 Å². The van der Waals surface area contributed by atoms with Crippen molar-refractivity contribution in [2.75, 3.05) is 10.8 Å². The number of nitrogens with zero attached hydrogens (tertiary/aromatic N) is 2. The van der Waals surface area contributed by atoms with Crippen LogP contribution in [-0.4, -0.2) is 43.8 Å². The molecule has 244 valence electrons. The summed E-state index contributed by atoms with van der Waals surface area (Å²) in [4.78, 5) is 28.5. The Morgan fingerprint density at radius 1 is 0.911 bits per heavy atom. The van der Waals surface area contributed by atoms with E-state index in [4.69, 9.17) is 34.8 Å². The van der Waals surface area contributed by atoms with E-state index in [1.54, 1.807) is 39.0 Å². The zero-order chi connectivity index (χ0) is 33.7. The maximum atomic E-state index is 14.2. The average molecular weight is 707 g/mol. The van der Waals surface area contributed by atoms with Gasteiger partial charge < -0.3 is 10.2 Å². The van der Waals surface area contributed by atoms with Crippen LogP contribution in [0.25, 0.3) is 0 Å². The van der Waals surface area contributed by atoms with Gasteiger partial charge in [-0.2, -0.15) is 13.2 Å². The van der Waals surface area contributed by atoms with Crippen LogP contribution in [0.3, 0.4) is 0 Å². The van der Waals surface area contributed by atoms with Gasteiger partial charge in [-0.25, -0.2) is 8.42 Å². The quantitative estimate of drug-likeness (QED) is 0.208. The number of amides is 2. The Hall–Kier alpha value is -2.99. The van der Waals surface area contributed by atoms with Gasteiger partial charge in [-0.05, 0) is 69.2 Å². The van der Waals surface area contributed by atoms with Gasteiger partial charge in [0.15, 0.2) is 0 Å². The first-order chi connectivity index (χ1) is 21.0. The number of hydrogen-bond acceptors (Lipinski definition) is 4. The number of halogens is 6. The first-order valence-corrected chi connectivity index (χ1v) is 16.6. The van der Waals surface area contributed by atoms with Crippen LogP contribution in [0, 0.1) is 6.92 Å². The van der Waals surface area contributed by atoms with Crippen LogP contribution in [0.2, 0.25) is 15.1 Å². The fourth-order valence-electron chi connectivity index (χ4n) is 4.47. The summed E-state index contributed by atoms with van der Waals surface area (Å²) in [6.07, 6.45) is -4.18. The molecule has 0 aliphatic carbocycles. The summed E-state index contributed by atoms with van der Waals surface area (Å²) in [5.41, 5.74) is -0.683. The maximum Gasteiger partial charge on any atom is 0.417 e. The van der Waals surface area contributed by atoms with E-state index >= 15 is 0 Å². The van der Waals surface area contributed by atoms with Crippen molar-refractivity contribution >= 4 is 62.3 Å². The Morgan fingerprint density at radius 3 is 2.04 bits per heavy atom. The van der Waals surface area contributed by atoms with E-state index in [0.717, 1.165) is 22.6 Å². The first kappa shape index (κ1) is 36.5. The molecule has 0 aromatic heterocycles. The molecule has 0 saturated carbocycles. The third kappa shape index (κ3) is 8.84. The van der Waals surface area contributed by atoms with Crippen LogP contribution in [0.1, 0.15) is 50.3 Å². The van der Waals surface area contributed by atoms with Gasteiger partial charge in [-0.3, -0.25) is 13.9 Å². The molecular weight excluding hydrogens is 674 g/mol. The second-order valence-electron chi connectivity index (χ2n) is 10.5. The highest BCUT2D eigenvalue weighted by Crippen LogP contribution is 2.38. The van der Waals surface area contributed by atoms with E-state index in [1.165, 1.54) is 24.3 Å². The van der Waals surface area contributed by atoms with Crippen molar-refractivity contribution in [3.63, 3.8) is 0 Å². The summed E-state index contributed by atoms with van der Waals surface area (Å²) in [6.45, 7) is 5.83. The lowest BCUT2D eigenvalue weighted by molar-refractivity contribution is -0.140. The lowest BCUT2D eigenvalue weighted by Crippen LogP contribution is -2.53. The summed E-state index contributed by atoms with van der Waals surface area (Å²) < 4.78 is 70.1. The molecule has 0 bridgehead atoms. The number of sulfonamides is 1. The zero-order valence-corrected chi connectivity index (χ0v) is 28.0. The maximum absolute atomic E-state index is 14.2. The predicted molar refractivity (Wildman–Crippen MR) is 171 cm³/mol. The number of rotatable bonds is 12. The molecule has 7 nitrogen and oxygen atoms in total. The zero-order valence-electron chi connectivity index (χ0n) is 25.0. The second-order valence-corrected chi connectivity index (χ2v) is 13.5. The van der Waals surface area contributed by atoms with Gasteiger partial charge in [0.25, 0.3) is 10.0 Å². The molecule has 3 aromatic rings. The Morgan fingerprint density at radius 2 is 1.51 bits per heavy atom. The van der Waals surface area contributed by atoms with Crippen molar-refractivity contribution in [2.45, 2.75) is 70.2 Å². The number of benzene rings is 3. The summed E-state index contributed by atoms with van der Waals surface area (Å²) in [5, 5.41) is 2.60. The smallest absolute Gasteiger partial charge is 0.352 e. The van der Waals surface area contributed by atoms with Crippen LogP contribution >= 0.6 is 34.8 Å².